The van der Waals surface area contributed by atoms with Crippen LogP contribution in [0.1, 0.15) is 0 Å². The zero-order valence-corrected chi connectivity index (χ0v) is 28.1. The Labute approximate surface area is 292 Å². The smallest absolute Gasteiger partial charge is 0.0540 e. The van der Waals surface area contributed by atoms with E-state index in [9.17, 15) is 0 Å². The normalized spacial score (nSPS) is 11.7. The third-order valence-electron chi connectivity index (χ3n) is 9.64. The summed E-state index contributed by atoms with van der Waals surface area (Å²) in [4.78, 5) is 2.41. The second-order valence-electron chi connectivity index (χ2n) is 12.6. The van der Waals surface area contributed by atoms with Crippen LogP contribution in [0.15, 0.2) is 176 Å². The van der Waals surface area contributed by atoms with Crippen molar-refractivity contribution < 1.29 is 0 Å². The van der Waals surface area contributed by atoms with Crippen LogP contribution in [-0.2, 0) is 0 Å². The molecule has 8 aromatic carbocycles. The summed E-state index contributed by atoms with van der Waals surface area (Å²) in [7, 11) is 0. The molecule has 0 aliphatic carbocycles. The molecular formula is C46H29NS2. The van der Waals surface area contributed by atoms with Gasteiger partial charge in [-0.15, -0.1) is 22.7 Å². The molecule has 0 amide bonds. The first-order valence-corrected chi connectivity index (χ1v) is 18.2. The molecule has 0 unspecified atom stereocenters. The maximum atomic E-state index is 2.41. The maximum absolute atomic E-state index is 2.41. The van der Waals surface area contributed by atoms with E-state index in [0.717, 1.165) is 17.1 Å². The van der Waals surface area contributed by atoms with E-state index < -0.39 is 0 Å². The predicted molar refractivity (Wildman–Crippen MR) is 215 cm³/mol. The van der Waals surface area contributed by atoms with Crippen molar-refractivity contribution in [3.63, 3.8) is 0 Å². The largest absolute Gasteiger partial charge is 0.310 e. The molecule has 230 valence electrons. The molecule has 0 saturated heterocycles. The fourth-order valence-corrected chi connectivity index (χ4v) is 9.54. The number of hydrogen-bond acceptors (Lipinski definition) is 3. The van der Waals surface area contributed by atoms with E-state index in [1.807, 2.05) is 22.7 Å². The number of benzene rings is 8. The van der Waals surface area contributed by atoms with Gasteiger partial charge in [0.2, 0.25) is 0 Å². The first kappa shape index (κ1) is 28.3. The van der Waals surface area contributed by atoms with Crippen LogP contribution < -0.4 is 4.90 Å². The van der Waals surface area contributed by atoms with Gasteiger partial charge in [0.1, 0.15) is 0 Å². The lowest BCUT2D eigenvalue weighted by Crippen LogP contribution is -2.11. The molecule has 0 radical (unpaired) electrons. The van der Waals surface area contributed by atoms with E-state index in [2.05, 4.69) is 181 Å². The highest BCUT2D eigenvalue weighted by Crippen LogP contribution is 2.44. The number of rotatable bonds is 5. The Morgan fingerprint density at radius 1 is 0.327 bits per heavy atom. The number of para-hydroxylation sites is 1. The van der Waals surface area contributed by atoms with Crippen molar-refractivity contribution in [2.75, 3.05) is 4.90 Å². The third-order valence-corrected chi connectivity index (χ3v) is 11.9. The fraction of sp³-hybridized carbons (Fsp3) is 0. The topological polar surface area (TPSA) is 3.24 Å². The fourth-order valence-electron chi connectivity index (χ4n) is 7.26. The van der Waals surface area contributed by atoms with Crippen molar-refractivity contribution in [2.45, 2.75) is 0 Å². The standard InChI is InChI=1S/C46H29NS2/c1-2-10-31(11-3-1)37-12-4-7-15-42(37)47(36-24-25-40-38-13-5-8-16-43(38)49-46(40)29-36)35-22-20-30(21-23-35)32-18-19-33-28-45-41(27-34(33)26-32)39-14-6-9-17-44(39)48-45/h1-29H. The first-order chi connectivity index (χ1) is 24.3. The van der Waals surface area contributed by atoms with Crippen molar-refractivity contribution >= 4 is 90.9 Å². The molecule has 0 aliphatic rings. The van der Waals surface area contributed by atoms with Gasteiger partial charge in [-0.3, -0.25) is 0 Å². The Balaban J connectivity index is 1.10. The van der Waals surface area contributed by atoms with Gasteiger partial charge in [0.25, 0.3) is 0 Å². The molecule has 0 atom stereocenters. The van der Waals surface area contributed by atoms with E-state index in [4.69, 9.17) is 0 Å². The van der Waals surface area contributed by atoms with Gasteiger partial charge in [-0.2, -0.15) is 0 Å². The molecule has 49 heavy (non-hydrogen) atoms. The molecule has 0 fully saturated rings. The van der Waals surface area contributed by atoms with Crippen LogP contribution in [0.5, 0.6) is 0 Å². The minimum atomic E-state index is 1.12. The van der Waals surface area contributed by atoms with E-state index in [0.29, 0.717) is 0 Å². The monoisotopic (exact) mass is 659 g/mol. The van der Waals surface area contributed by atoms with E-state index in [1.54, 1.807) is 0 Å². The second kappa shape index (κ2) is 11.5. The van der Waals surface area contributed by atoms with Gasteiger partial charge in [-0.25, -0.2) is 0 Å². The molecule has 0 bridgehead atoms. The molecule has 10 rings (SSSR count). The van der Waals surface area contributed by atoms with Gasteiger partial charge in [0.15, 0.2) is 0 Å². The quantitative estimate of drug-likeness (QED) is 0.178. The molecule has 2 aromatic heterocycles. The lowest BCUT2D eigenvalue weighted by Gasteiger charge is -2.28. The summed E-state index contributed by atoms with van der Waals surface area (Å²) < 4.78 is 5.30. The lowest BCUT2D eigenvalue weighted by atomic mass is 9.99. The van der Waals surface area contributed by atoms with E-state index in [1.165, 1.54) is 73.4 Å². The molecule has 2 heterocycles. The van der Waals surface area contributed by atoms with Crippen LogP contribution in [0.25, 0.3) is 73.4 Å². The summed E-state index contributed by atoms with van der Waals surface area (Å²) in [6, 6.07) is 64.5. The molecule has 3 heteroatoms. The Hall–Kier alpha value is -5.74. The number of hydrogen-bond donors (Lipinski definition) is 0. The van der Waals surface area contributed by atoms with E-state index in [-0.39, 0.29) is 0 Å². The SMILES string of the molecule is c1ccc(-c2ccccc2N(c2ccc(-c3ccc4cc5sc6ccccc6c5cc4c3)cc2)c2ccc3c(c2)sc2ccccc23)cc1. The van der Waals surface area contributed by atoms with Crippen LogP contribution in [0, 0.1) is 0 Å². The molecule has 0 saturated carbocycles. The zero-order chi connectivity index (χ0) is 32.3. The number of thiophene rings is 2. The van der Waals surface area contributed by atoms with Crippen LogP contribution >= 0.6 is 22.7 Å². The highest BCUT2D eigenvalue weighted by molar-refractivity contribution is 7.26. The van der Waals surface area contributed by atoms with Crippen molar-refractivity contribution in [3.05, 3.63) is 176 Å². The van der Waals surface area contributed by atoms with Crippen LogP contribution in [0.2, 0.25) is 0 Å². The second-order valence-corrected chi connectivity index (χ2v) is 14.7. The Morgan fingerprint density at radius 2 is 0.939 bits per heavy atom. The van der Waals surface area contributed by atoms with Crippen molar-refractivity contribution in [1.29, 1.82) is 0 Å². The van der Waals surface area contributed by atoms with Crippen LogP contribution in [-0.4, -0.2) is 0 Å². The summed E-state index contributed by atoms with van der Waals surface area (Å²) in [6.07, 6.45) is 0. The number of anilines is 3. The van der Waals surface area contributed by atoms with E-state index >= 15 is 0 Å². The Kier molecular flexibility index (Phi) is 6.61. The van der Waals surface area contributed by atoms with Gasteiger partial charge in [0.05, 0.1) is 5.69 Å². The minimum absolute atomic E-state index is 1.12. The molecule has 0 N–H and O–H groups in total. The molecule has 0 aliphatic heterocycles. The average molecular weight is 660 g/mol. The first-order valence-electron chi connectivity index (χ1n) is 16.6. The summed E-state index contributed by atoms with van der Waals surface area (Å²) in [5, 5.41) is 7.85. The summed E-state index contributed by atoms with van der Waals surface area (Å²) >= 11 is 3.73. The summed E-state index contributed by atoms with van der Waals surface area (Å²) in [5.41, 5.74) is 8.25. The molecular weight excluding hydrogens is 631 g/mol. The molecule has 0 spiro atoms. The highest BCUT2D eigenvalue weighted by Gasteiger charge is 2.18. The van der Waals surface area contributed by atoms with Gasteiger partial charge < -0.3 is 4.90 Å². The summed E-state index contributed by atoms with van der Waals surface area (Å²) in [5.74, 6) is 0. The molecule has 1 nitrogen and oxygen atoms in total. The Bertz CT molecular complexity index is 2830. The van der Waals surface area contributed by atoms with Crippen LogP contribution in [0.3, 0.4) is 0 Å². The number of fused-ring (bicyclic) bond motifs is 7. The summed E-state index contributed by atoms with van der Waals surface area (Å²) in [6.45, 7) is 0. The van der Waals surface area contributed by atoms with Gasteiger partial charge in [-0.05, 0) is 88.1 Å². The third kappa shape index (κ3) is 4.82. The van der Waals surface area contributed by atoms with Crippen LogP contribution in [0.4, 0.5) is 17.1 Å². The zero-order valence-electron chi connectivity index (χ0n) is 26.5. The van der Waals surface area contributed by atoms with Crippen molar-refractivity contribution in [1.82, 2.24) is 0 Å². The minimum Gasteiger partial charge on any atom is -0.310 e. The van der Waals surface area contributed by atoms with Crippen molar-refractivity contribution in [2.24, 2.45) is 0 Å². The number of nitrogens with zero attached hydrogens (tertiary/aromatic N) is 1. The maximum Gasteiger partial charge on any atom is 0.0540 e. The van der Waals surface area contributed by atoms with Gasteiger partial charge in [-0.1, -0.05) is 115 Å². The Morgan fingerprint density at radius 3 is 1.73 bits per heavy atom. The predicted octanol–water partition coefficient (Wildman–Crippen LogP) is 14.4. The van der Waals surface area contributed by atoms with Gasteiger partial charge >= 0.3 is 0 Å². The molecule has 10 aromatic rings. The average Bonchev–Trinajstić information content (AvgIpc) is 3.72. The lowest BCUT2D eigenvalue weighted by molar-refractivity contribution is 1.29. The van der Waals surface area contributed by atoms with Crippen molar-refractivity contribution in [3.8, 4) is 22.3 Å². The van der Waals surface area contributed by atoms with Gasteiger partial charge in [0, 0.05) is 57.3 Å². The highest BCUT2D eigenvalue weighted by atomic mass is 32.1.